The third kappa shape index (κ3) is 1.48. The average Bonchev–Trinajstić information content (AvgIpc) is 2.94. The molecule has 0 aliphatic carbocycles. The third-order valence-electron chi connectivity index (χ3n) is 6.38. The Morgan fingerprint density at radius 1 is 1.29 bits per heavy atom. The van der Waals surface area contributed by atoms with Gasteiger partial charge in [-0.3, -0.25) is 0 Å². The highest BCUT2D eigenvalue weighted by atomic mass is 16.5. The summed E-state index contributed by atoms with van der Waals surface area (Å²) in [6.45, 7) is 5.06. The summed E-state index contributed by atoms with van der Waals surface area (Å²) in [7, 11) is 6.45. The van der Waals surface area contributed by atoms with Crippen LogP contribution < -0.4 is 4.74 Å². The number of ether oxygens (including phenoxy) is 1. The quantitative estimate of drug-likeness (QED) is 0.734. The average molecular weight is 285 g/mol. The molecule has 2 aliphatic heterocycles. The van der Waals surface area contributed by atoms with Crippen molar-refractivity contribution in [2.24, 2.45) is 7.05 Å². The fraction of sp³-hybridized carbons (Fsp3) is 0.556. The number of aryl methyl sites for hydroxylation is 1. The zero-order valence-corrected chi connectivity index (χ0v) is 13.6. The van der Waals surface area contributed by atoms with Gasteiger partial charge in [0.15, 0.2) is 0 Å². The van der Waals surface area contributed by atoms with Crippen LogP contribution in [0.5, 0.6) is 5.75 Å². The molecule has 0 N–H and O–H groups in total. The Labute approximate surface area is 126 Å². The predicted octanol–water partition coefficient (Wildman–Crippen LogP) is 3.20. The van der Waals surface area contributed by atoms with E-state index in [0.717, 1.165) is 5.75 Å². The minimum Gasteiger partial charge on any atom is -0.497 e. The molecule has 21 heavy (non-hydrogen) atoms. The normalized spacial score (nSPS) is 31.2. The molecule has 2 unspecified atom stereocenters. The molecule has 4 rings (SSSR count). The van der Waals surface area contributed by atoms with E-state index < -0.39 is 0 Å². The van der Waals surface area contributed by atoms with Crippen molar-refractivity contribution in [3.63, 3.8) is 0 Å². The molecule has 2 aliphatic rings. The van der Waals surface area contributed by atoms with Crippen molar-refractivity contribution in [2.45, 2.75) is 31.7 Å². The highest BCUT2D eigenvalue weighted by molar-refractivity contribution is 5.87. The van der Waals surface area contributed by atoms with Crippen molar-refractivity contribution in [3.8, 4) is 5.75 Å². The number of rotatable bonds is 1. The lowest BCUT2D eigenvalue weighted by molar-refractivity contribution is -0.954. The van der Waals surface area contributed by atoms with E-state index in [1.165, 1.54) is 47.7 Å². The van der Waals surface area contributed by atoms with Crippen LogP contribution in [-0.2, 0) is 19.0 Å². The number of benzene rings is 1. The molecule has 0 saturated carbocycles. The van der Waals surface area contributed by atoms with Gasteiger partial charge in [-0.15, -0.1) is 0 Å². The van der Waals surface area contributed by atoms with E-state index in [1.807, 2.05) is 0 Å². The van der Waals surface area contributed by atoms with Crippen LogP contribution in [0.2, 0.25) is 0 Å². The largest absolute Gasteiger partial charge is 0.497 e. The molecule has 3 heteroatoms. The van der Waals surface area contributed by atoms with Gasteiger partial charge in [-0.05, 0) is 30.7 Å². The molecule has 0 bridgehead atoms. The van der Waals surface area contributed by atoms with E-state index in [9.17, 15) is 0 Å². The van der Waals surface area contributed by atoms with Gasteiger partial charge >= 0.3 is 0 Å². The first-order chi connectivity index (χ1) is 10.00. The van der Waals surface area contributed by atoms with Crippen LogP contribution in [0.25, 0.3) is 10.9 Å². The van der Waals surface area contributed by atoms with E-state index in [1.54, 1.807) is 18.4 Å². The van der Waals surface area contributed by atoms with Gasteiger partial charge in [-0.2, -0.15) is 0 Å². The molecule has 3 heterocycles. The first kappa shape index (κ1) is 13.2. The Balaban J connectivity index is 2.04. The number of methoxy groups -OCH3 is 1. The molecular weight excluding hydrogens is 260 g/mol. The molecule has 3 nitrogen and oxygen atoms in total. The summed E-state index contributed by atoms with van der Waals surface area (Å²) >= 11 is 0. The van der Waals surface area contributed by atoms with Gasteiger partial charge in [0, 0.05) is 37.2 Å². The molecule has 0 spiro atoms. The second-order valence-corrected chi connectivity index (χ2v) is 7.24. The number of nitrogens with zero attached hydrogens (tertiary/aromatic N) is 2. The summed E-state index contributed by atoms with van der Waals surface area (Å²) in [5, 5.41) is 1.39. The van der Waals surface area contributed by atoms with Crippen LogP contribution >= 0.6 is 0 Å². The molecular formula is C18H25N2O+. The van der Waals surface area contributed by atoms with Crippen LogP contribution in [0.3, 0.4) is 0 Å². The zero-order chi connectivity index (χ0) is 14.8. The van der Waals surface area contributed by atoms with Gasteiger partial charge in [0.1, 0.15) is 11.3 Å². The minimum atomic E-state index is 0.272. The van der Waals surface area contributed by atoms with Crippen molar-refractivity contribution >= 4 is 10.9 Å². The van der Waals surface area contributed by atoms with Crippen LogP contribution in [0.15, 0.2) is 18.2 Å². The molecule has 0 radical (unpaired) electrons. The van der Waals surface area contributed by atoms with Crippen LogP contribution in [0, 0.1) is 0 Å². The van der Waals surface area contributed by atoms with E-state index in [2.05, 4.69) is 43.8 Å². The molecule has 112 valence electrons. The molecule has 1 fully saturated rings. The van der Waals surface area contributed by atoms with Gasteiger partial charge < -0.3 is 13.8 Å². The van der Waals surface area contributed by atoms with Gasteiger partial charge in [0.2, 0.25) is 0 Å². The van der Waals surface area contributed by atoms with E-state index in [4.69, 9.17) is 4.74 Å². The van der Waals surface area contributed by atoms with Gasteiger partial charge in [-0.1, -0.05) is 0 Å². The Hall–Kier alpha value is -1.48. The van der Waals surface area contributed by atoms with E-state index in [-0.39, 0.29) is 5.54 Å². The molecule has 2 atom stereocenters. The molecule has 1 aromatic carbocycles. The second-order valence-electron chi connectivity index (χ2n) is 7.24. The van der Waals surface area contributed by atoms with Crippen molar-refractivity contribution in [2.75, 3.05) is 27.2 Å². The number of aromatic nitrogens is 1. The van der Waals surface area contributed by atoms with E-state index in [0.29, 0.717) is 0 Å². The fourth-order valence-electron chi connectivity index (χ4n) is 4.95. The maximum atomic E-state index is 5.44. The predicted molar refractivity (Wildman–Crippen MR) is 85.7 cm³/mol. The second kappa shape index (κ2) is 4.04. The van der Waals surface area contributed by atoms with Crippen LogP contribution in [0.1, 0.15) is 31.0 Å². The van der Waals surface area contributed by atoms with Gasteiger partial charge in [0.05, 0.1) is 32.9 Å². The van der Waals surface area contributed by atoms with Crippen LogP contribution in [-0.4, -0.2) is 36.3 Å². The fourth-order valence-corrected chi connectivity index (χ4v) is 4.95. The Morgan fingerprint density at radius 2 is 2.10 bits per heavy atom. The topological polar surface area (TPSA) is 14.2 Å². The summed E-state index contributed by atoms with van der Waals surface area (Å²) in [5.41, 5.74) is 4.75. The lowest BCUT2D eigenvalue weighted by Crippen LogP contribution is -2.58. The molecule has 0 amide bonds. The highest BCUT2D eigenvalue weighted by Gasteiger charge is 2.54. The number of fused-ring (bicyclic) bond motifs is 5. The van der Waals surface area contributed by atoms with Gasteiger partial charge in [-0.25, -0.2) is 0 Å². The molecule has 2 aromatic rings. The van der Waals surface area contributed by atoms with Crippen LogP contribution in [0.4, 0.5) is 0 Å². The SMILES string of the molecule is COc1ccc2c(c1)c1c(n2C)C2(C)CCC[N+]2(C)CC1. The monoisotopic (exact) mass is 285 g/mol. The Bertz CT molecular complexity index is 732. The Morgan fingerprint density at radius 3 is 2.86 bits per heavy atom. The Kier molecular flexibility index (Phi) is 2.54. The summed E-state index contributed by atoms with van der Waals surface area (Å²) in [6.07, 6.45) is 3.83. The van der Waals surface area contributed by atoms with Crippen molar-refractivity contribution < 1.29 is 9.22 Å². The summed E-state index contributed by atoms with van der Waals surface area (Å²) < 4.78 is 9.10. The maximum absolute atomic E-state index is 5.44. The van der Waals surface area contributed by atoms with E-state index >= 15 is 0 Å². The zero-order valence-electron chi connectivity index (χ0n) is 13.6. The lowest BCUT2D eigenvalue weighted by Gasteiger charge is -2.48. The lowest BCUT2D eigenvalue weighted by atomic mass is 9.84. The molecule has 1 saturated heterocycles. The standard InChI is InChI=1S/C18H25N2O/c1-18-9-5-10-20(18,3)11-8-14-15-12-13(21-4)6-7-16(15)19(2)17(14)18/h6-7,12H,5,8-11H2,1-4H3/q+1. The summed E-state index contributed by atoms with van der Waals surface area (Å²) in [5.74, 6) is 0.968. The first-order valence-corrected chi connectivity index (χ1v) is 8.01. The molecule has 1 aromatic heterocycles. The number of hydrogen-bond acceptors (Lipinski definition) is 1. The number of hydrogen-bond donors (Lipinski definition) is 0. The number of likely N-dealkylation sites (N-methyl/N-ethyl adjacent to an activating group) is 1. The highest BCUT2D eigenvalue weighted by Crippen LogP contribution is 2.50. The summed E-state index contributed by atoms with van der Waals surface area (Å²) in [6, 6.07) is 6.52. The third-order valence-corrected chi connectivity index (χ3v) is 6.38. The number of quaternary nitrogens is 1. The van der Waals surface area contributed by atoms with Crippen molar-refractivity contribution in [1.29, 1.82) is 0 Å². The van der Waals surface area contributed by atoms with Gasteiger partial charge in [0.25, 0.3) is 0 Å². The van der Waals surface area contributed by atoms with Crippen molar-refractivity contribution in [1.82, 2.24) is 4.57 Å². The van der Waals surface area contributed by atoms with Crippen molar-refractivity contribution in [3.05, 3.63) is 29.5 Å². The smallest absolute Gasteiger partial charge is 0.137 e. The minimum absolute atomic E-state index is 0.272. The maximum Gasteiger partial charge on any atom is 0.137 e. The first-order valence-electron chi connectivity index (χ1n) is 8.01. The summed E-state index contributed by atoms with van der Waals surface area (Å²) in [4.78, 5) is 0.